The molecule has 124 valence electrons. The molecule has 0 saturated carbocycles. The summed E-state index contributed by atoms with van der Waals surface area (Å²) in [5.74, 6) is 0.762. The van der Waals surface area contributed by atoms with Gasteiger partial charge in [0.2, 0.25) is 0 Å². The molecule has 3 aliphatic heterocycles. The second kappa shape index (κ2) is 6.71. The zero-order valence-electron chi connectivity index (χ0n) is 12.7. The largest absolute Gasteiger partial charge is 0.488 e. The van der Waals surface area contributed by atoms with Crippen LogP contribution in [-0.4, -0.2) is 30.6 Å². The third-order valence-electron chi connectivity index (χ3n) is 4.78. The van der Waals surface area contributed by atoms with E-state index in [1.54, 1.807) is 6.07 Å². The Labute approximate surface area is 147 Å². The maximum absolute atomic E-state index is 12.5. The first-order chi connectivity index (χ1) is 10.7. The monoisotopic (exact) mass is 354 g/mol. The van der Waals surface area contributed by atoms with Crippen molar-refractivity contribution in [1.29, 1.82) is 0 Å². The summed E-state index contributed by atoms with van der Waals surface area (Å²) in [5.41, 5.74) is 1.54. The highest BCUT2D eigenvalue weighted by Gasteiger charge is 2.34. The quantitative estimate of drug-likeness (QED) is 0.858. The summed E-state index contributed by atoms with van der Waals surface area (Å²) in [6, 6.07) is 6.87. The van der Waals surface area contributed by atoms with Gasteiger partial charge in [0.25, 0.3) is 5.91 Å². The average Bonchev–Trinajstić information content (AvgIpc) is 2.85. The number of rotatable bonds is 2. The second-order valence-electron chi connectivity index (χ2n) is 6.42. The fraction of sp³-hybridized carbons (Fsp3) is 0.471. The van der Waals surface area contributed by atoms with Crippen LogP contribution in [0.25, 0.3) is 6.08 Å². The van der Waals surface area contributed by atoms with Crippen LogP contribution >= 0.6 is 24.0 Å². The molecule has 2 atom stereocenters. The molecule has 0 radical (unpaired) electrons. The number of hydrogen-bond acceptors (Lipinski definition) is 3. The summed E-state index contributed by atoms with van der Waals surface area (Å²) in [6.45, 7) is 0.318. The van der Waals surface area contributed by atoms with Crippen molar-refractivity contribution in [3.8, 4) is 5.75 Å². The van der Waals surface area contributed by atoms with E-state index < -0.39 is 0 Å². The molecule has 2 fully saturated rings. The molecule has 4 nitrogen and oxygen atoms in total. The predicted molar refractivity (Wildman–Crippen MR) is 93.3 cm³/mol. The van der Waals surface area contributed by atoms with E-state index in [4.69, 9.17) is 16.3 Å². The van der Waals surface area contributed by atoms with Crippen molar-refractivity contribution in [2.75, 3.05) is 6.61 Å². The maximum atomic E-state index is 12.5. The summed E-state index contributed by atoms with van der Waals surface area (Å²) < 4.78 is 5.66. The van der Waals surface area contributed by atoms with Crippen molar-refractivity contribution >= 4 is 36.0 Å². The number of benzene rings is 1. The average molecular weight is 355 g/mol. The fourth-order valence-corrected chi connectivity index (χ4v) is 3.91. The Morgan fingerprint density at radius 3 is 2.74 bits per heavy atom. The van der Waals surface area contributed by atoms with E-state index in [0.717, 1.165) is 24.2 Å². The minimum absolute atomic E-state index is 0. The number of halogens is 2. The van der Waals surface area contributed by atoms with E-state index in [-0.39, 0.29) is 24.4 Å². The standard InChI is InChI=1S/C17H19ClN2O2.ClH/c18-12-1-4-16-10(6-12)5-11(9-22-16)17(21)20-15-7-13-2-3-14(8-15)19-13;/h1,4-6,13-15,19H,2-3,7-9H2,(H,20,21);1H. The molecule has 2 unspecified atom stereocenters. The van der Waals surface area contributed by atoms with Gasteiger partial charge in [0.05, 0.1) is 5.57 Å². The highest BCUT2D eigenvalue weighted by molar-refractivity contribution is 6.30. The molecule has 2 N–H and O–H groups in total. The summed E-state index contributed by atoms with van der Waals surface area (Å²) >= 11 is 6.01. The van der Waals surface area contributed by atoms with Crippen molar-refractivity contribution < 1.29 is 9.53 Å². The van der Waals surface area contributed by atoms with Gasteiger partial charge >= 0.3 is 0 Å². The molecule has 6 heteroatoms. The Balaban J connectivity index is 0.00000156. The Morgan fingerprint density at radius 1 is 1.26 bits per heavy atom. The van der Waals surface area contributed by atoms with Crippen molar-refractivity contribution in [3.63, 3.8) is 0 Å². The molecule has 3 heterocycles. The van der Waals surface area contributed by atoms with Crippen LogP contribution in [0.15, 0.2) is 23.8 Å². The van der Waals surface area contributed by atoms with E-state index in [2.05, 4.69) is 10.6 Å². The lowest BCUT2D eigenvalue weighted by molar-refractivity contribution is -0.118. The van der Waals surface area contributed by atoms with Crippen molar-refractivity contribution in [1.82, 2.24) is 10.6 Å². The topological polar surface area (TPSA) is 50.4 Å². The van der Waals surface area contributed by atoms with Gasteiger partial charge < -0.3 is 15.4 Å². The number of nitrogens with one attached hydrogen (secondary N) is 2. The first-order valence-electron chi connectivity index (χ1n) is 7.87. The van der Waals surface area contributed by atoms with Gasteiger partial charge in [0.15, 0.2) is 0 Å². The van der Waals surface area contributed by atoms with Crippen LogP contribution in [0.5, 0.6) is 5.75 Å². The molecule has 23 heavy (non-hydrogen) atoms. The molecule has 3 aliphatic rings. The first kappa shape index (κ1) is 16.6. The lowest BCUT2D eigenvalue weighted by Crippen LogP contribution is -2.48. The minimum atomic E-state index is -0.0167. The molecule has 2 bridgehead atoms. The Morgan fingerprint density at radius 2 is 2.00 bits per heavy atom. The lowest BCUT2D eigenvalue weighted by Gasteiger charge is -2.30. The van der Waals surface area contributed by atoms with Gasteiger partial charge in [-0.15, -0.1) is 12.4 Å². The molecule has 0 spiro atoms. The number of piperidine rings is 1. The minimum Gasteiger partial charge on any atom is -0.488 e. The Kier molecular flexibility index (Phi) is 4.85. The molecular formula is C17H20Cl2N2O2. The molecule has 1 amide bonds. The van der Waals surface area contributed by atoms with Crippen LogP contribution in [0.3, 0.4) is 0 Å². The van der Waals surface area contributed by atoms with E-state index in [0.29, 0.717) is 29.3 Å². The van der Waals surface area contributed by atoms with Gasteiger partial charge in [-0.25, -0.2) is 0 Å². The van der Waals surface area contributed by atoms with Crippen LogP contribution in [0.4, 0.5) is 0 Å². The third kappa shape index (κ3) is 3.49. The smallest absolute Gasteiger partial charge is 0.250 e. The zero-order chi connectivity index (χ0) is 15.1. The lowest BCUT2D eigenvalue weighted by atomic mass is 9.99. The Bertz CT molecular complexity index is 635. The van der Waals surface area contributed by atoms with E-state index in [9.17, 15) is 4.79 Å². The number of amides is 1. The second-order valence-corrected chi connectivity index (χ2v) is 6.86. The molecule has 1 aromatic rings. The summed E-state index contributed by atoms with van der Waals surface area (Å²) in [5, 5.41) is 7.41. The van der Waals surface area contributed by atoms with E-state index in [1.807, 2.05) is 18.2 Å². The van der Waals surface area contributed by atoms with Crippen LogP contribution in [0.1, 0.15) is 31.2 Å². The molecular weight excluding hydrogens is 335 g/mol. The van der Waals surface area contributed by atoms with Gasteiger partial charge in [0, 0.05) is 28.7 Å². The highest BCUT2D eigenvalue weighted by Crippen LogP contribution is 2.30. The van der Waals surface area contributed by atoms with Gasteiger partial charge in [-0.1, -0.05) is 11.6 Å². The van der Waals surface area contributed by atoms with E-state index >= 15 is 0 Å². The van der Waals surface area contributed by atoms with Gasteiger partial charge in [-0.2, -0.15) is 0 Å². The normalized spacial score (nSPS) is 28.0. The van der Waals surface area contributed by atoms with Crippen LogP contribution in [-0.2, 0) is 4.79 Å². The zero-order valence-corrected chi connectivity index (χ0v) is 14.3. The fourth-order valence-electron chi connectivity index (χ4n) is 3.73. The highest BCUT2D eigenvalue weighted by atomic mass is 35.5. The van der Waals surface area contributed by atoms with Gasteiger partial charge in [-0.05, 0) is 50.0 Å². The summed E-state index contributed by atoms with van der Waals surface area (Å²) in [6.07, 6.45) is 6.40. The van der Waals surface area contributed by atoms with Crippen molar-refractivity contribution in [3.05, 3.63) is 34.4 Å². The first-order valence-corrected chi connectivity index (χ1v) is 8.25. The summed E-state index contributed by atoms with van der Waals surface area (Å²) in [7, 11) is 0. The van der Waals surface area contributed by atoms with Gasteiger partial charge in [0.1, 0.15) is 12.4 Å². The third-order valence-corrected chi connectivity index (χ3v) is 5.02. The predicted octanol–water partition coefficient (Wildman–Crippen LogP) is 2.94. The molecule has 4 rings (SSSR count). The number of ether oxygens (including phenoxy) is 1. The SMILES string of the molecule is Cl.O=C(NC1CC2CCC(C1)N2)C1=Cc2cc(Cl)ccc2OC1. The van der Waals surface area contributed by atoms with Crippen LogP contribution in [0, 0.1) is 0 Å². The van der Waals surface area contributed by atoms with Crippen molar-refractivity contribution in [2.45, 2.75) is 43.8 Å². The number of carbonyl (C=O) groups excluding carboxylic acids is 1. The maximum Gasteiger partial charge on any atom is 0.250 e. The van der Waals surface area contributed by atoms with Crippen LogP contribution < -0.4 is 15.4 Å². The molecule has 0 aliphatic carbocycles. The summed E-state index contributed by atoms with van der Waals surface area (Å²) in [4.78, 5) is 12.5. The molecule has 1 aromatic carbocycles. The van der Waals surface area contributed by atoms with Crippen LogP contribution in [0.2, 0.25) is 5.02 Å². The molecule has 2 saturated heterocycles. The number of carbonyl (C=O) groups is 1. The molecule has 0 aromatic heterocycles. The Hall–Kier alpha value is -1.23. The number of fused-ring (bicyclic) bond motifs is 3. The van der Waals surface area contributed by atoms with Crippen molar-refractivity contribution in [2.24, 2.45) is 0 Å². The van der Waals surface area contributed by atoms with E-state index in [1.165, 1.54) is 12.8 Å². The van der Waals surface area contributed by atoms with Gasteiger partial charge in [-0.3, -0.25) is 4.79 Å². The number of hydrogen-bond donors (Lipinski definition) is 2.